The predicted octanol–water partition coefficient (Wildman–Crippen LogP) is 3.24. The van der Waals surface area contributed by atoms with Crippen LogP contribution in [0.3, 0.4) is 0 Å². The number of nitrogens with zero attached hydrogens (tertiary/aromatic N) is 2. The third-order valence-corrected chi connectivity index (χ3v) is 4.68. The number of pyridine rings is 1. The molecule has 0 saturated carbocycles. The van der Waals surface area contributed by atoms with Crippen molar-refractivity contribution in [2.75, 3.05) is 13.1 Å². The number of hydrogen-bond donors (Lipinski definition) is 2. The Bertz CT molecular complexity index is 952. The largest absolute Gasteiger partial charge is 0.349 e. The Balaban J connectivity index is 0.00000210. The van der Waals surface area contributed by atoms with E-state index in [1.54, 1.807) is 25.1 Å². The molecular formula is C19H20ClFN4O2. The van der Waals surface area contributed by atoms with Gasteiger partial charge < -0.3 is 15.2 Å². The zero-order valence-corrected chi connectivity index (χ0v) is 15.6. The highest BCUT2D eigenvalue weighted by atomic mass is 35.5. The van der Waals surface area contributed by atoms with Crippen LogP contribution >= 0.6 is 12.4 Å². The molecule has 2 N–H and O–H groups in total. The minimum absolute atomic E-state index is 0. The van der Waals surface area contributed by atoms with Gasteiger partial charge >= 0.3 is 0 Å². The standard InChI is InChI=1S/C19H19FN4O2.ClH/c1-11-17-15(18(25)22-14-6-8-21-9-7-14)10-16(23-19(17)26-24-11)12-2-4-13(20)5-3-12;/h2-5,10,14,21H,6-9H2,1H3,(H,22,25);1H. The number of aryl methyl sites for hydroxylation is 1. The molecule has 0 unspecified atom stereocenters. The molecule has 1 aromatic carbocycles. The number of amides is 1. The van der Waals surface area contributed by atoms with Crippen LogP contribution in [0.15, 0.2) is 34.9 Å². The molecule has 1 amide bonds. The average molecular weight is 391 g/mol. The van der Waals surface area contributed by atoms with Gasteiger partial charge in [0.25, 0.3) is 11.6 Å². The van der Waals surface area contributed by atoms with Crippen LogP contribution in [0.2, 0.25) is 0 Å². The maximum absolute atomic E-state index is 13.2. The molecule has 8 heteroatoms. The van der Waals surface area contributed by atoms with Crippen molar-refractivity contribution in [3.8, 4) is 11.3 Å². The molecule has 0 spiro atoms. The lowest BCUT2D eigenvalue weighted by Gasteiger charge is -2.23. The molecule has 6 nitrogen and oxygen atoms in total. The second kappa shape index (κ2) is 8.02. The minimum Gasteiger partial charge on any atom is -0.349 e. The van der Waals surface area contributed by atoms with Crippen molar-refractivity contribution < 1.29 is 13.7 Å². The third-order valence-electron chi connectivity index (χ3n) is 4.68. The van der Waals surface area contributed by atoms with Crippen molar-refractivity contribution in [2.45, 2.75) is 25.8 Å². The lowest BCUT2D eigenvalue weighted by molar-refractivity contribution is 0.0931. The van der Waals surface area contributed by atoms with Crippen LogP contribution in [0.1, 0.15) is 28.9 Å². The molecule has 27 heavy (non-hydrogen) atoms. The molecule has 0 bridgehead atoms. The molecule has 142 valence electrons. The van der Waals surface area contributed by atoms with E-state index < -0.39 is 0 Å². The first-order valence-electron chi connectivity index (χ1n) is 8.66. The SMILES string of the molecule is Cc1noc2nc(-c3ccc(F)cc3)cc(C(=O)NC3CCNCC3)c12.Cl. The molecule has 4 rings (SSSR count). The molecule has 2 aromatic heterocycles. The van der Waals surface area contributed by atoms with E-state index in [4.69, 9.17) is 4.52 Å². The van der Waals surface area contributed by atoms with Crippen molar-refractivity contribution in [3.63, 3.8) is 0 Å². The average Bonchev–Trinajstić information content (AvgIpc) is 3.03. The molecule has 0 radical (unpaired) electrons. The predicted molar refractivity (Wildman–Crippen MR) is 103 cm³/mol. The summed E-state index contributed by atoms with van der Waals surface area (Å²) in [6, 6.07) is 7.84. The molecule has 0 aliphatic carbocycles. The van der Waals surface area contributed by atoms with Gasteiger partial charge in [0.15, 0.2) is 0 Å². The molecule has 1 aliphatic rings. The van der Waals surface area contributed by atoms with Gasteiger partial charge in [0.2, 0.25) is 0 Å². The van der Waals surface area contributed by atoms with Crippen LogP contribution in [0.25, 0.3) is 22.4 Å². The van der Waals surface area contributed by atoms with Gasteiger partial charge in [-0.25, -0.2) is 9.37 Å². The van der Waals surface area contributed by atoms with Crippen LogP contribution in [0.4, 0.5) is 4.39 Å². The van der Waals surface area contributed by atoms with Crippen LogP contribution in [0, 0.1) is 12.7 Å². The third kappa shape index (κ3) is 3.94. The van der Waals surface area contributed by atoms with Crippen LogP contribution in [-0.4, -0.2) is 35.2 Å². The maximum atomic E-state index is 13.2. The van der Waals surface area contributed by atoms with Gasteiger partial charge in [-0.2, -0.15) is 0 Å². The number of nitrogens with one attached hydrogen (secondary N) is 2. The Morgan fingerprint density at radius 2 is 1.96 bits per heavy atom. The van der Waals surface area contributed by atoms with E-state index in [0.29, 0.717) is 33.6 Å². The minimum atomic E-state index is -0.325. The van der Waals surface area contributed by atoms with Gasteiger partial charge in [0.05, 0.1) is 22.3 Å². The van der Waals surface area contributed by atoms with Gasteiger partial charge in [-0.1, -0.05) is 5.16 Å². The summed E-state index contributed by atoms with van der Waals surface area (Å²) in [5, 5.41) is 10.9. The quantitative estimate of drug-likeness (QED) is 0.717. The van der Waals surface area contributed by atoms with Crippen molar-refractivity contribution in [3.05, 3.63) is 47.4 Å². The monoisotopic (exact) mass is 390 g/mol. The van der Waals surface area contributed by atoms with Gasteiger partial charge in [-0.15, -0.1) is 12.4 Å². The number of aromatic nitrogens is 2. The Morgan fingerprint density at radius 3 is 2.67 bits per heavy atom. The highest BCUT2D eigenvalue weighted by Gasteiger charge is 2.22. The zero-order chi connectivity index (χ0) is 18.1. The number of carbonyl (C=O) groups is 1. The summed E-state index contributed by atoms with van der Waals surface area (Å²) in [6.07, 6.45) is 1.79. The topological polar surface area (TPSA) is 80.0 Å². The maximum Gasteiger partial charge on any atom is 0.259 e. The Kier molecular flexibility index (Phi) is 5.72. The summed E-state index contributed by atoms with van der Waals surface area (Å²) in [5.41, 5.74) is 2.65. The van der Waals surface area contributed by atoms with Crippen LogP contribution < -0.4 is 10.6 Å². The molecule has 1 fully saturated rings. The molecule has 1 saturated heterocycles. The van der Waals surface area contributed by atoms with E-state index in [0.717, 1.165) is 25.9 Å². The molecule has 3 aromatic rings. The zero-order valence-electron chi connectivity index (χ0n) is 14.8. The Morgan fingerprint density at radius 1 is 1.26 bits per heavy atom. The highest BCUT2D eigenvalue weighted by Crippen LogP contribution is 2.27. The van der Waals surface area contributed by atoms with E-state index in [2.05, 4.69) is 20.8 Å². The number of fused-ring (bicyclic) bond motifs is 1. The number of carbonyl (C=O) groups excluding carboxylic acids is 1. The second-order valence-corrected chi connectivity index (χ2v) is 6.51. The summed E-state index contributed by atoms with van der Waals surface area (Å²) in [5.74, 6) is -0.492. The number of piperidine rings is 1. The first-order valence-corrected chi connectivity index (χ1v) is 8.66. The van der Waals surface area contributed by atoms with E-state index in [9.17, 15) is 9.18 Å². The van der Waals surface area contributed by atoms with E-state index in [1.165, 1.54) is 12.1 Å². The van der Waals surface area contributed by atoms with Crippen molar-refractivity contribution >= 4 is 29.4 Å². The fraction of sp³-hybridized carbons (Fsp3) is 0.316. The Labute approximate surface area is 161 Å². The van der Waals surface area contributed by atoms with Crippen LogP contribution in [0.5, 0.6) is 0 Å². The van der Waals surface area contributed by atoms with Crippen molar-refractivity contribution in [1.82, 2.24) is 20.8 Å². The molecular weight excluding hydrogens is 371 g/mol. The smallest absolute Gasteiger partial charge is 0.259 e. The lowest BCUT2D eigenvalue weighted by Crippen LogP contribution is -2.42. The van der Waals surface area contributed by atoms with E-state index >= 15 is 0 Å². The van der Waals surface area contributed by atoms with Gasteiger partial charge in [0, 0.05) is 11.6 Å². The first-order chi connectivity index (χ1) is 12.6. The second-order valence-electron chi connectivity index (χ2n) is 6.51. The summed E-state index contributed by atoms with van der Waals surface area (Å²) in [4.78, 5) is 17.4. The van der Waals surface area contributed by atoms with Crippen LogP contribution in [-0.2, 0) is 0 Å². The summed E-state index contributed by atoms with van der Waals surface area (Å²) in [7, 11) is 0. The summed E-state index contributed by atoms with van der Waals surface area (Å²) >= 11 is 0. The van der Waals surface area contributed by atoms with E-state index in [1.807, 2.05) is 0 Å². The number of hydrogen-bond acceptors (Lipinski definition) is 5. The normalized spacial score (nSPS) is 14.7. The van der Waals surface area contributed by atoms with Crippen molar-refractivity contribution in [2.24, 2.45) is 0 Å². The number of halogens is 2. The van der Waals surface area contributed by atoms with Crippen molar-refractivity contribution in [1.29, 1.82) is 0 Å². The van der Waals surface area contributed by atoms with E-state index in [-0.39, 0.29) is 30.2 Å². The summed E-state index contributed by atoms with van der Waals surface area (Å²) in [6.45, 7) is 3.57. The fourth-order valence-electron chi connectivity index (χ4n) is 3.27. The van der Waals surface area contributed by atoms with Gasteiger partial charge in [-0.3, -0.25) is 4.79 Å². The van der Waals surface area contributed by atoms with Gasteiger partial charge in [-0.05, 0) is 63.2 Å². The Hall–Kier alpha value is -2.51. The first kappa shape index (κ1) is 19.3. The fourth-order valence-corrected chi connectivity index (χ4v) is 3.27. The number of rotatable bonds is 3. The lowest BCUT2D eigenvalue weighted by atomic mass is 10.0. The van der Waals surface area contributed by atoms with Gasteiger partial charge in [0.1, 0.15) is 5.82 Å². The highest BCUT2D eigenvalue weighted by molar-refractivity contribution is 6.07. The number of benzene rings is 1. The molecule has 1 aliphatic heterocycles. The molecule has 0 atom stereocenters. The molecule has 3 heterocycles. The summed E-state index contributed by atoms with van der Waals surface area (Å²) < 4.78 is 18.5.